The lowest BCUT2D eigenvalue weighted by molar-refractivity contribution is -0.127. The van der Waals surface area contributed by atoms with Crippen molar-refractivity contribution in [3.63, 3.8) is 0 Å². The lowest BCUT2D eigenvalue weighted by Gasteiger charge is -2.22. The first-order chi connectivity index (χ1) is 13.7. The van der Waals surface area contributed by atoms with Crippen LogP contribution in [0.3, 0.4) is 0 Å². The van der Waals surface area contributed by atoms with Crippen LogP contribution in [0, 0.1) is 0 Å². The van der Waals surface area contributed by atoms with Gasteiger partial charge in [0.15, 0.2) is 0 Å². The Hall–Kier alpha value is -3.32. The third-order valence-electron chi connectivity index (χ3n) is 4.39. The third-order valence-corrected chi connectivity index (χ3v) is 4.39. The van der Waals surface area contributed by atoms with Gasteiger partial charge in [0.2, 0.25) is 5.91 Å². The van der Waals surface area contributed by atoms with Gasteiger partial charge in [0.1, 0.15) is 11.3 Å². The Morgan fingerprint density at radius 1 is 0.897 bits per heavy atom. The number of nitrogens with zero attached hydrogens (tertiary/aromatic N) is 1. The molecule has 0 aromatic heterocycles. The molecule has 2 aromatic carbocycles. The number of nitrogens with two attached hydrogens (primary N) is 2. The number of benzene rings is 2. The summed E-state index contributed by atoms with van der Waals surface area (Å²) in [7, 11) is 0. The van der Waals surface area contributed by atoms with E-state index in [9.17, 15) is 14.4 Å². The van der Waals surface area contributed by atoms with Crippen molar-refractivity contribution in [3.05, 3.63) is 71.3 Å². The minimum atomic E-state index is -1.27. The Kier molecular flexibility index (Phi) is 7.39. The second-order valence-corrected chi connectivity index (χ2v) is 7.26. The van der Waals surface area contributed by atoms with Gasteiger partial charge in [-0.25, -0.2) is 4.99 Å². The summed E-state index contributed by atoms with van der Waals surface area (Å²) in [6, 6.07) is 16.5. The van der Waals surface area contributed by atoms with Gasteiger partial charge in [-0.2, -0.15) is 0 Å². The van der Waals surface area contributed by atoms with E-state index in [1.165, 1.54) is 13.8 Å². The van der Waals surface area contributed by atoms with E-state index >= 15 is 0 Å². The van der Waals surface area contributed by atoms with Gasteiger partial charge in [-0.1, -0.05) is 54.6 Å². The van der Waals surface area contributed by atoms with Gasteiger partial charge in [0, 0.05) is 13.0 Å². The van der Waals surface area contributed by atoms with Crippen molar-refractivity contribution >= 4 is 23.4 Å². The SMILES string of the molecule is CC(C)(NC(=O)C(Cc1ccc(CN)cc1)=NC(=O)Cc1ccccc1)C(N)=O. The lowest BCUT2D eigenvalue weighted by atomic mass is 10.0. The van der Waals surface area contributed by atoms with E-state index in [0.29, 0.717) is 6.54 Å². The molecule has 0 atom stereocenters. The second kappa shape index (κ2) is 9.75. The van der Waals surface area contributed by atoms with Crippen molar-refractivity contribution < 1.29 is 14.4 Å². The topological polar surface area (TPSA) is 128 Å². The molecule has 2 rings (SSSR count). The highest BCUT2D eigenvalue weighted by Gasteiger charge is 2.29. The van der Waals surface area contributed by atoms with E-state index in [-0.39, 0.29) is 18.6 Å². The summed E-state index contributed by atoms with van der Waals surface area (Å²) in [5, 5.41) is 2.55. The maximum Gasteiger partial charge on any atom is 0.266 e. The quantitative estimate of drug-likeness (QED) is 0.583. The number of nitrogens with one attached hydrogen (secondary N) is 1. The van der Waals surface area contributed by atoms with Crippen LogP contribution in [0.15, 0.2) is 59.6 Å². The van der Waals surface area contributed by atoms with Crippen LogP contribution in [-0.2, 0) is 33.8 Å². The first-order valence-electron chi connectivity index (χ1n) is 9.26. The molecule has 0 aliphatic carbocycles. The number of aliphatic imine (C=N–C) groups is 1. The molecular weight excluding hydrogens is 368 g/mol. The van der Waals surface area contributed by atoms with Crippen LogP contribution < -0.4 is 16.8 Å². The van der Waals surface area contributed by atoms with Gasteiger partial charge in [0.05, 0.1) is 6.42 Å². The molecule has 0 fully saturated rings. The van der Waals surface area contributed by atoms with Crippen LogP contribution in [-0.4, -0.2) is 29.0 Å². The van der Waals surface area contributed by atoms with Crippen LogP contribution in [0.5, 0.6) is 0 Å². The number of primary amides is 1. The third kappa shape index (κ3) is 6.65. The molecule has 29 heavy (non-hydrogen) atoms. The zero-order chi connectivity index (χ0) is 21.4. The van der Waals surface area contributed by atoms with E-state index < -0.39 is 23.3 Å². The van der Waals surface area contributed by atoms with E-state index in [2.05, 4.69) is 10.3 Å². The van der Waals surface area contributed by atoms with Crippen molar-refractivity contribution in [1.29, 1.82) is 0 Å². The van der Waals surface area contributed by atoms with Crippen molar-refractivity contribution in [3.8, 4) is 0 Å². The number of hydrogen-bond acceptors (Lipinski definition) is 4. The van der Waals surface area contributed by atoms with E-state index in [1.807, 2.05) is 54.6 Å². The summed E-state index contributed by atoms with van der Waals surface area (Å²) < 4.78 is 0. The monoisotopic (exact) mass is 394 g/mol. The highest BCUT2D eigenvalue weighted by molar-refractivity contribution is 6.41. The smallest absolute Gasteiger partial charge is 0.266 e. The molecule has 0 unspecified atom stereocenters. The van der Waals surface area contributed by atoms with Crippen LogP contribution in [0.4, 0.5) is 0 Å². The molecule has 3 amide bonds. The zero-order valence-electron chi connectivity index (χ0n) is 16.6. The number of amides is 3. The lowest BCUT2D eigenvalue weighted by Crippen LogP contribution is -2.55. The Labute approximate surface area is 170 Å². The molecule has 5 N–H and O–H groups in total. The molecule has 0 radical (unpaired) electrons. The van der Waals surface area contributed by atoms with E-state index in [4.69, 9.17) is 11.5 Å². The highest BCUT2D eigenvalue weighted by Crippen LogP contribution is 2.09. The van der Waals surface area contributed by atoms with Crippen LogP contribution >= 0.6 is 0 Å². The van der Waals surface area contributed by atoms with Gasteiger partial charge in [-0.05, 0) is 30.5 Å². The summed E-state index contributed by atoms with van der Waals surface area (Å²) in [5.74, 6) is -1.75. The summed E-state index contributed by atoms with van der Waals surface area (Å²) >= 11 is 0. The molecular formula is C22H26N4O3. The van der Waals surface area contributed by atoms with Gasteiger partial charge < -0.3 is 16.8 Å². The minimum absolute atomic E-state index is 0.0146. The van der Waals surface area contributed by atoms with Crippen molar-refractivity contribution in [2.24, 2.45) is 16.5 Å². The molecule has 0 spiro atoms. The summed E-state index contributed by atoms with van der Waals surface area (Å²) in [5.41, 5.74) is 12.2. The molecule has 0 aliphatic heterocycles. The molecule has 0 saturated heterocycles. The summed E-state index contributed by atoms with van der Waals surface area (Å²) in [4.78, 5) is 40.8. The first-order valence-corrected chi connectivity index (χ1v) is 9.26. The number of rotatable bonds is 8. The van der Waals surface area contributed by atoms with Crippen LogP contribution in [0.2, 0.25) is 0 Å². The largest absolute Gasteiger partial charge is 0.368 e. The van der Waals surface area contributed by atoms with Gasteiger partial charge >= 0.3 is 0 Å². The fraction of sp³-hybridized carbons (Fsp3) is 0.273. The number of hydrogen-bond donors (Lipinski definition) is 3. The fourth-order valence-electron chi connectivity index (χ4n) is 2.54. The predicted molar refractivity (Wildman–Crippen MR) is 112 cm³/mol. The van der Waals surface area contributed by atoms with Crippen molar-refractivity contribution in [1.82, 2.24) is 5.32 Å². The van der Waals surface area contributed by atoms with E-state index in [1.54, 1.807) is 0 Å². The fourth-order valence-corrected chi connectivity index (χ4v) is 2.54. The average molecular weight is 394 g/mol. The molecule has 7 heteroatoms. The highest BCUT2D eigenvalue weighted by atomic mass is 16.2. The minimum Gasteiger partial charge on any atom is -0.368 e. The van der Waals surface area contributed by atoms with Crippen molar-refractivity contribution in [2.45, 2.75) is 38.8 Å². The Morgan fingerprint density at radius 2 is 1.45 bits per heavy atom. The van der Waals surface area contributed by atoms with Gasteiger partial charge in [-0.15, -0.1) is 0 Å². The Morgan fingerprint density at radius 3 is 2.00 bits per heavy atom. The molecule has 0 bridgehead atoms. The maximum atomic E-state index is 12.8. The maximum absolute atomic E-state index is 12.8. The van der Waals surface area contributed by atoms with Crippen LogP contribution in [0.25, 0.3) is 0 Å². The van der Waals surface area contributed by atoms with Gasteiger partial charge in [-0.3, -0.25) is 14.4 Å². The number of carbonyl (C=O) groups is 3. The average Bonchev–Trinajstić information content (AvgIpc) is 2.68. The van der Waals surface area contributed by atoms with E-state index in [0.717, 1.165) is 16.7 Å². The standard InChI is InChI=1S/C22H26N4O3/c1-22(2,21(24)29)26-20(28)18(12-16-8-10-17(14-23)11-9-16)25-19(27)13-15-6-4-3-5-7-15/h3-11H,12-14,23H2,1-2H3,(H2,24,29)(H,26,28). The molecule has 7 nitrogen and oxygen atoms in total. The summed E-state index contributed by atoms with van der Waals surface area (Å²) in [6.07, 6.45) is 0.203. The molecule has 0 saturated carbocycles. The normalized spacial score (nSPS) is 11.8. The number of carbonyl (C=O) groups excluding carboxylic acids is 3. The molecule has 152 valence electrons. The Bertz CT molecular complexity index is 903. The van der Waals surface area contributed by atoms with Crippen molar-refractivity contribution in [2.75, 3.05) is 0 Å². The predicted octanol–water partition coefficient (Wildman–Crippen LogP) is 1.28. The molecule has 2 aromatic rings. The Balaban J connectivity index is 2.26. The molecule has 0 heterocycles. The van der Waals surface area contributed by atoms with Crippen LogP contribution in [0.1, 0.15) is 30.5 Å². The first kappa shape index (κ1) is 22.0. The molecule has 0 aliphatic rings. The van der Waals surface area contributed by atoms with Gasteiger partial charge in [0.25, 0.3) is 11.8 Å². The zero-order valence-corrected chi connectivity index (χ0v) is 16.6. The summed E-state index contributed by atoms with van der Waals surface area (Å²) in [6.45, 7) is 3.39. The second-order valence-electron chi connectivity index (χ2n) is 7.26.